The van der Waals surface area contributed by atoms with Crippen molar-refractivity contribution in [1.82, 2.24) is 25.1 Å². The zero-order valence-electron chi connectivity index (χ0n) is 15.4. The van der Waals surface area contributed by atoms with Crippen LogP contribution in [0.25, 0.3) is 21.5 Å². The van der Waals surface area contributed by atoms with Crippen molar-refractivity contribution in [2.24, 2.45) is 0 Å². The Morgan fingerprint density at radius 3 is 2.66 bits per heavy atom. The molecule has 0 saturated carbocycles. The van der Waals surface area contributed by atoms with Crippen LogP contribution in [0.4, 0.5) is 5.82 Å². The van der Waals surface area contributed by atoms with Crippen LogP contribution < -0.4 is 4.90 Å². The number of hydrogen-bond acceptors (Lipinski definition) is 6. The van der Waals surface area contributed by atoms with Gasteiger partial charge in [0.2, 0.25) is 0 Å². The lowest BCUT2D eigenvalue weighted by Crippen LogP contribution is -2.49. The molecule has 5 rings (SSSR count). The molecule has 1 aliphatic rings. The number of nitrogens with zero attached hydrogens (tertiary/aromatic N) is 5. The number of halogens is 1. The molecule has 1 aromatic carbocycles. The van der Waals surface area contributed by atoms with E-state index < -0.39 is 0 Å². The van der Waals surface area contributed by atoms with Crippen LogP contribution in [0.1, 0.15) is 10.5 Å². The van der Waals surface area contributed by atoms with E-state index in [0.29, 0.717) is 23.8 Å². The van der Waals surface area contributed by atoms with Crippen LogP contribution >= 0.6 is 22.9 Å². The standard InChI is InChI=1S/C20H17ClN6OS/c21-14-3-1-13(2-4-14)16-11-17(25-24-16)20(28)27-8-6-26(7-9-27)18-15-5-10-29-19(15)23-12-22-18/h1-5,10-12H,6-9H2,(H,24,25). The number of anilines is 1. The van der Waals surface area contributed by atoms with Gasteiger partial charge >= 0.3 is 0 Å². The van der Waals surface area contributed by atoms with Crippen molar-refractivity contribution in [1.29, 1.82) is 0 Å². The molecule has 3 aromatic heterocycles. The highest BCUT2D eigenvalue weighted by molar-refractivity contribution is 7.16. The summed E-state index contributed by atoms with van der Waals surface area (Å²) in [7, 11) is 0. The second-order valence-electron chi connectivity index (χ2n) is 6.79. The summed E-state index contributed by atoms with van der Waals surface area (Å²) in [5.41, 5.74) is 2.13. The molecule has 9 heteroatoms. The van der Waals surface area contributed by atoms with Gasteiger partial charge in [0.15, 0.2) is 0 Å². The van der Waals surface area contributed by atoms with Crippen LogP contribution in [0.2, 0.25) is 5.02 Å². The molecule has 7 nitrogen and oxygen atoms in total. The molecule has 1 saturated heterocycles. The van der Waals surface area contributed by atoms with Gasteiger partial charge in [-0.3, -0.25) is 9.89 Å². The second-order valence-corrected chi connectivity index (χ2v) is 8.12. The van der Waals surface area contributed by atoms with E-state index in [-0.39, 0.29) is 5.91 Å². The first-order valence-corrected chi connectivity index (χ1v) is 10.5. The number of H-pyrrole nitrogens is 1. The minimum atomic E-state index is -0.0410. The summed E-state index contributed by atoms with van der Waals surface area (Å²) in [5, 5.41) is 10.9. The fraction of sp³-hybridized carbons (Fsp3) is 0.200. The van der Waals surface area contributed by atoms with Gasteiger partial charge in [-0.25, -0.2) is 9.97 Å². The van der Waals surface area contributed by atoms with E-state index in [9.17, 15) is 4.79 Å². The minimum absolute atomic E-state index is 0.0410. The first-order valence-electron chi connectivity index (χ1n) is 9.23. The third kappa shape index (κ3) is 3.45. The maximum Gasteiger partial charge on any atom is 0.272 e. The lowest BCUT2D eigenvalue weighted by Gasteiger charge is -2.35. The molecule has 0 unspecified atom stereocenters. The van der Waals surface area contributed by atoms with E-state index in [0.717, 1.165) is 40.4 Å². The van der Waals surface area contributed by atoms with Crippen molar-refractivity contribution in [3.8, 4) is 11.3 Å². The van der Waals surface area contributed by atoms with Gasteiger partial charge in [0.05, 0.1) is 11.1 Å². The van der Waals surface area contributed by atoms with Crippen molar-refractivity contribution in [2.45, 2.75) is 0 Å². The molecule has 146 valence electrons. The van der Waals surface area contributed by atoms with Gasteiger partial charge in [0, 0.05) is 36.8 Å². The number of piperazine rings is 1. The number of fused-ring (bicyclic) bond motifs is 1. The van der Waals surface area contributed by atoms with E-state index in [4.69, 9.17) is 11.6 Å². The Hall–Kier alpha value is -2.97. The van der Waals surface area contributed by atoms with E-state index in [2.05, 4.69) is 31.1 Å². The lowest BCUT2D eigenvalue weighted by atomic mass is 10.1. The highest BCUT2D eigenvalue weighted by atomic mass is 35.5. The quantitative estimate of drug-likeness (QED) is 0.542. The molecule has 1 N–H and O–H groups in total. The van der Waals surface area contributed by atoms with E-state index in [1.165, 1.54) is 0 Å². The predicted molar refractivity (Wildman–Crippen MR) is 115 cm³/mol. The lowest BCUT2D eigenvalue weighted by molar-refractivity contribution is 0.0740. The predicted octanol–water partition coefficient (Wildman–Crippen LogP) is 3.70. The van der Waals surface area contributed by atoms with Crippen molar-refractivity contribution >= 4 is 44.9 Å². The largest absolute Gasteiger partial charge is 0.352 e. The van der Waals surface area contributed by atoms with Gasteiger partial charge in [-0.05, 0) is 29.6 Å². The molecule has 29 heavy (non-hydrogen) atoms. The highest BCUT2D eigenvalue weighted by Crippen LogP contribution is 2.27. The number of aromatic nitrogens is 4. The molecule has 4 aromatic rings. The molecular weight excluding hydrogens is 408 g/mol. The van der Waals surface area contributed by atoms with Gasteiger partial charge in [0.25, 0.3) is 5.91 Å². The zero-order valence-corrected chi connectivity index (χ0v) is 17.0. The average Bonchev–Trinajstić information content (AvgIpc) is 3.43. The maximum atomic E-state index is 12.9. The summed E-state index contributed by atoms with van der Waals surface area (Å²) in [4.78, 5) is 26.7. The van der Waals surface area contributed by atoms with Gasteiger partial charge in [-0.2, -0.15) is 5.10 Å². The smallest absolute Gasteiger partial charge is 0.272 e. The normalized spacial score (nSPS) is 14.5. The number of rotatable bonds is 3. The fourth-order valence-electron chi connectivity index (χ4n) is 3.52. The number of aromatic amines is 1. The Morgan fingerprint density at radius 2 is 1.86 bits per heavy atom. The van der Waals surface area contributed by atoms with Crippen LogP contribution in [-0.2, 0) is 0 Å². The Labute approximate surface area is 176 Å². The summed E-state index contributed by atoms with van der Waals surface area (Å²) in [6, 6.07) is 11.2. The summed E-state index contributed by atoms with van der Waals surface area (Å²) in [5.74, 6) is 0.899. The third-order valence-corrected chi connectivity index (χ3v) is 6.13. The summed E-state index contributed by atoms with van der Waals surface area (Å²) >= 11 is 7.55. The first kappa shape index (κ1) is 18.1. The number of amides is 1. The van der Waals surface area contributed by atoms with Crippen molar-refractivity contribution in [3.63, 3.8) is 0 Å². The number of carbonyl (C=O) groups is 1. The molecule has 1 fully saturated rings. The molecule has 0 aliphatic carbocycles. The second kappa shape index (κ2) is 7.46. The molecule has 0 atom stereocenters. The minimum Gasteiger partial charge on any atom is -0.352 e. The van der Waals surface area contributed by atoms with Crippen molar-refractivity contribution < 1.29 is 4.79 Å². The Kier molecular flexibility index (Phi) is 4.65. The monoisotopic (exact) mass is 424 g/mol. The molecule has 1 aliphatic heterocycles. The van der Waals surface area contributed by atoms with Crippen LogP contribution in [-0.4, -0.2) is 57.2 Å². The molecule has 0 spiro atoms. The van der Waals surface area contributed by atoms with Crippen LogP contribution in [0.15, 0.2) is 48.1 Å². The number of nitrogens with one attached hydrogen (secondary N) is 1. The number of carbonyl (C=O) groups excluding carboxylic acids is 1. The first-order chi connectivity index (χ1) is 14.2. The molecular formula is C20H17ClN6OS. The Bertz CT molecular complexity index is 1160. The Morgan fingerprint density at radius 1 is 1.07 bits per heavy atom. The highest BCUT2D eigenvalue weighted by Gasteiger charge is 2.25. The molecule has 1 amide bonds. The summed E-state index contributed by atoms with van der Waals surface area (Å²) < 4.78 is 0. The van der Waals surface area contributed by atoms with E-state index in [1.807, 2.05) is 34.5 Å². The van der Waals surface area contributed by atoms with Crippen molar-refractivity contribution in [2.75, 3.05) is 31.1 Å². The number of thiophene rings is 1. The topological polar surface area (TPSA) is 78.0 Å². The van der Waals surface area contributed by atoms with Gasteiger partial charge < -0.3 is 9.80 Å². The summed E-state index contributed by atoms with van der Waals surface area (Å²) in [6.45, 7) is 2.71. The molecule has 0 bridgehead atoms. The summed E-state index contributed by atoms with van der Waals surface area (Å²) in [6.07, 6.45) is 1.61. The van der Waals surface area contributed by atoms with Gasteiger partial charge in [0.1, 0.15) is 22.7 Å². The van der Waals surface area contributed by atoms with Gasteiger partial charge in [-0.1, -0.05) is 23.7 Å². The molecule has 4 heterocycles. The van der Waals surface area contributed by atoms with E-state index >= 15 is 0 Å². The third-order valence-electron chi connectivity index (χ3n) is 5.06. The number of benzene rings is 1. The van der Waals surface area contributed by atoms with E-state index in [1.54, 1.807) is 23.7 Å². The molecule has 0 radical (unpaired) electrons. The van der Waals surface area contributed by atoms with Crippen LogP contribution in [0.3, 0.4) is 0 Å². The maximum absolute atomic E-state index is 12.9. The van der Waals surface area contributed by atoms with Crippen LogP contribution in [0.5, 0.6) is 0 Å². The zero-order chi connectivity index (χ0) is 19.8. The SMILES string of the molecule is O=C(c1cc(-c2ccc(Cl)cc2)n[nH]1)N1CCN(c2ncnc3sccc23)CC1. The van der Waals surface area contributed by atoms with Crippen LogP contribution in [0, 0.1) is 0 Å². The Balaban J connectivity index is 1.28. The average molecular weight is 425 g/mol. The van der Waals surface area contributed by atoms with Crippen molar-refractivity contribution in [3.05, 3.63) is 58.8 Å². The van der Waals surface area contributed by atoms with Gasteiger partial charge in [-0.15, -0.1) is 11.3 Å². The fourth-order valence-corrected chi connectivity index (χ4v) is 4.37. The number of hydrogen-bond donors (Lipinski definition) is 1.